The van der Waals surface area contributed by atoms with Crippen molar-refractivity contribution < 1.29 is 24.3 Å². The number of carbonyl (C=O) groups excluding carboxylic acids is 4. The van der Waals surface area contributed by atoms with Crippen LogP contribution in [0.25, 0.3) is 11.3 Å². The summed E-state index contributed by atoms with van der Waals surface area (Å²) in [4.78, 5) is 47.8. The topological polar surface area (TPSA) is 164 Å². The van der Waals surface area contributed by atoms with E-state index in [0.29, 0.717) is 55.2 Å². The smallest absolute Gasteiger partial charge is 0.261 e. The van der Waals surface area contributed by atoms with E-state index in [1.165, 1.54) is 4.90 Å². The number of carbonyl (C=O) groups is 4. The highest BCUT2D eigenvalue weighted by Crippen LogP contribution is 2.24. The molecule has 0 saturated heterocycles. The number of aliphatic hydroxyl groups excluding tert-OH is 1. The van der Waals surface area contributed by atoms with Gasteiger partial charge in [0.2, 0.25) is 0 Å². The van der Waals surface area contributed by atoms with Gasteiger partial charge < -0.3 is 5.11 Å². The van der Waals surface area contributed by atoms with Crippen LogP contribution in [0, 0.1) is 0 Å². The SMILES string of the molecule is O=C1NC(=O)c2ccccc21.O=C1c2ccccc2C(=O)N1Cc1nnc2ccc(Cl)cn12.OCc1nnc2ccc(Cl)cn12. The predicted octanol–water partition coefficient (Wildman–Crippen LogP) is 3.62. The number of halogens is 2. The number of amides is 4. The number of nitrogens with one attached hydrogen (secondary N) is 1. The summed E-state index contributed by atoms with van der Waals surface area (Å²) in [6.07, 6.45) is 3.33. The van der Waals surface area contributed by atoms with Crippen LogP contribution in [0.3, 0.4) is 0 Å². The summed E-state index contributed by atoms with van der Waals surface area (Å²) < 4.78 is 3.33. The molecule has 2 aliphatic heterocycles. The molecule has 13 nitrogen and oxygen atoms in total. The fourth-order valence-corrected chi connectivity index (χ4v) is 5.00. The first kappa shape index (κ1) is 29.6. The van der Waals surface area contributed by atoms with Gasteiger partial charge in [-0.25, -0.2) is 0 Å². The fourth-order valence-electron chi connectivity index (χ4n) is 4.68. The van der Waals surface area contributed by atoms with E-state index in [1.807, 2.05) is 0 Å². The summed E-state index contributed by atoms with van der Waals surface area (Å²) in [7, 11) is 0. The van der Waals surface area contributed by atoms with E-state index in [4.69, 9.17) is 28.3 Å². The molecule has 0 saturated carbocycles. The third-order valence-corrected chi connectivity index (χ3v) is 7.28. The van der Waals surface area contributed by atoms with E-state index in [0.717, 1.165) is 0 Å². The molecule has 0 spiro atoms. The lowest BCUT2D eigenvalue weighted by Gasteiger charge is -2.12. The molecule has 2 N–H and O–H groups in total. The number of imide groups is 2. The van der Waals surface area contributed by atoms with Crippen molar-refractivity contribution in [2.24, 2.45) is 0 Å². The molecule has 4 amide bonds. The van der Waals surface area contributed by atoms with Crippen LogP contribution in [0.4, 0.5) is 0 Å². The maximum Gasteiger partial charge on any atom is 0.261 e. The summed E-state index contributed by atoms with van der Waals surface area (Å²) in [6, 6.07) is 20.4. The van der Waals surface area contributed by atoms with Crippen molar-refractivity contribution in [3.8, 4) is 0 Å². The van der Waals surface area contributed by atoms with Crippen molar-refractivity contribution in [1.29, 1.82) is 0 Å². The Hall–Kier alpha value is -5.50. The zero-order valence-electron chi connectivity index (χ0n) is 23.0. The maximum absolute atomic E-state index is 12.4. The number of nitrogens with zero attached hydrogens (tertiary/aromatic N) is 7. The van der Waals surface area contributed by atoms with Crippen LogP contribution in [0.2, 0.25) is 10.0 Å². The molecule has 4 aromatic heterocycles. The Bertz CT molecular complexity index is 2080. The van der Waals surface area contributed by atoms with Gasteiger partial charge in [-0.15, -0.1) is 20.4 Å². The highest BCUT2D eigenvalue weighted by atomic mass is 35.5. The van der Waals surface area contributed by atoms with Gasteiger partial charge in [-0.2, -0.15) is 0 Å². The second kappa shape index (κ2) is 12.2. The normalized spacial score (nSPS) is 13.3. The van der Waals surface area contributed by atoms with Crippen LogP contribution in [-0.4, -0.2) is 62.8 Å². The molecular weight excluding hydrogens is 623 g/mol. The summed E-state index contributed by atoms with van der Waals surface area (Å²) in [5.74, 6) is -0.269. The number of rotatable bonds is 3. The number of pyridine rings is 2. The fraction of sp³-hybridized carbons (Fsp3) is 0.0667. The van der Waals surface area contributed by atoms with Gasteiger partial charge in [0.05, 0.1) is 38.8 Å². The minimum Gasteiger partial charge on any atom is -0.388 e. The molecule has 2 aromatic carbocycles. The Morgan fingerprint density at radius 2 is 1.04 bits per heavy atom. The van der Waals surface area contributed by atoms with Crippen molar-refractivity contribution in [1.82, 2.24) is 39.4 Å². The van der Waals surface area contributed by atoms with Gasteiger partial charge in [0.15, 0.2) is 22.9 Å². The summed E-state index contributed by atoms with van der Waals surface area (Å²) >= 11 is 11.7. The molecule has 0 atom stereocenters. The van der Waals surface area contributed by atoms with E-state index < -0.39 is 0 Å². The van der Waals surface area contributed by atoms with Crippen LogP contribution in [0.1, 0.15) is 53.1 Å². The second-order valence-corrected chi connectivity index (χ2v) is 10.5. The van der Waals surface area contributed by atoms with Gasteiger partial charge in [-0.05, 0) is 48.5 Å². The molecule has 0 bridgehead atoms. The zero-order valence-corrected chi connectivity index (χ0v) is 24.5. The van der Waals surface area contributed by atoms with Crippen LogP contribution in [0.15, 0.2) is 85.2 Å². The second-order valence-electron chi connectivity index (χ2n) is 9.61. The number of fused-ring (bicyclic) bond motifs is 4. The van der Waals surface area contributed by atoms with Crippen LogP contribution in [-0.2, 0) is 13.2 Å². The van der Waals surface area contributed by atoms with Crippen molar-refractivity contribution in [3.63, 3.8) is 0 Å². The summed E-state index contributed by atoms with van der Waals surface area (Å²) in [5, 5.41) is 27.8. The molecule has 0 aliphatic carbocycles. The van der Waals surface area contributed by atoms with Gasteiger partial charge in [0.1, 0.15) is 6.61 Å². The Morgan fingerprint density at radius 3 is 1.53 bits per heavy atom. The van der Waals surface area contributed by atoms with Gasteiger partial charge in [-0.3, -0.25) is 38.2 Å². The Balaban J connectivity index is 0.000000131. The van der Waals surface area contributed by atoms with Gasteiger partial charge in [-0.1, -0.05) is 47.5 Å². The molecule has 15 heteroatoms. The lowest BCUT2D eigenvalue weighted by molar-refractivity contribution is 0.0637. The van der Waals surface area contributed by atoms with Crippen molar-refractivity contribution >= 4 is 58.1 Å². The summed E-state index contributed by atoms with van der Waals surface area (Å²) in [5.41, 5.74) is 3.06. The number of hydrogen-bond donors (Lipinski definition) is 2. The third kappa shape index (κ3) is 5.74. The maximum atomic E-state index is 12.4. The van der Waals surface area contributed by atoms with Crippen LogP contribution >= 0.6 is 23.2 Å². The Labute approximate surface area is 263 Å². The Morgan fingerprint density at radius 1 is 0.600 bits per heavy atom. The Kier molecular flexibility index (Phi) is 8.04. The molecule has 8 rings (SSSR count). The number of benzene rings is 2. The largest absolute Gasteiger partial charge is 0.388 e. The molecule has 0 unspecified atom stereocenters. The standard InChI is InChI=1S/C15H9ClN4O2.C8H5NO2.C7H6ClN3O/c16-9-5-6-12-17-18-13(19(12)7-9)8-20-14(21)10-3-1-2-4-11(10)15(20)22;10-7-5-3-1-2-4-6(5)8(11)9-7;8-5-1-2-6-9-10-7(4-12)11(6)3-5/h1-7H,8H2;1-4H,(H,9,10,11);1-3,12H,4H2. The van der Waals surface area contributed by atoms with E-state index >= 15 is 0 Å². The third-order valence-electron chi connectivity index (χ3n) is 6.84. The average Bonchev–Trinajstić information content (AvgIpc) is 3.79. The minimum absolute atomic E-state index is 0.0495. The quantitative estimate of drug-likeness (QED) is 0.274. The number of aromatic nitrogens is 6. The molecule has 6 aromatic rings. The highest BCUT2D eigenvalue weighted by molar-refractivity contribution is 6.30. The van der Waals surface area contributed by atoms with Gasteiger partial charge >= 0.3 is 0 Å². The molecule has 0 fully saturated rings. The molecule has 0 radical (unpaired) electrons. The minimum atomic E-state index is -0.320. The molecule has 2 aliphatic rings. The molecule has 6 heterocycles. The lowest BCUT2D eigenvalue weighted by atomic mass is 10.1. The first-order valence-electron chi connectivity index (χ1n) is 13.2. The van der Waals surface area contributed by atoms with Crippen LogP contribution < -0.4 is 5.32 Å². The highest BCUT2D eigenvalue weighted by Gasteiger charge is 2.36. The van der Waals surface area contributed by atoms with Crippen molar-refractivity contribution in [2.75, 3.05) is 0 Å². The van der Waals surface area contributed by atoms with E-state index in [2.05, 4.69) is 25.7 Å². The molecular formula is C30H20Cl2N8O5. The van der Waals surface area contributed by atoms with E-state index in [9.17, 15) is 19.2 Å². The zero-order chi connectivity index (χ0) is 31.7. The first-order chi connectivity index (χ1) is 21.7. The van der Waals surface area contributed by atoms with E-state index in [1.54, 1.807) is 94.0 Å². The lowest BCUT2D eigenvalue weighted by Crippen LogP contribution is -2.30. The summed E-state index contributed by atoms with van der Waals surface area (Å²) in [6.45, 7) is -0.0879. The monoisotopic (exact) mass is 642 g/mol. The molecule has 45 heavy (non-hydrogen) atoms. The van der Waals surface area contributed by atoms with Crippen molar-refractivity contribution in [3.05, 3.63) is 129 Å². The average molecular weight is 643 g/mol. The van der Waals surface area contributed by atoms with Gasteiger partial charge in [0, 0.05) is 12.4 Å². The number of aliphatic hydroxyl groups is 1. The van der Waals surface area contributed by atoms with Crippen LogP contribution in [0.5, 0.6) is 0 Å². The number of hydrogen-bond acceptors (Lipinski definition) is 9. The van der Waals surface area contributed by atoms with Gasteiger partial charge in [0.25, 0.3) is 23.6 Å². The van der Waals surface area contributed by atoms with Crippen molar-refractivity contribution in [2.45, 2.75) is 13.2 Å². The van der Waals surface area contributed by atoms with E-state index in [-0.39, 0.29) is 36.8 Å². The molecule has 224 valence electrons. The first-order valence-corrected chi connectivity index (χ1v) is 14.0. The predicted molar refractivity (Wildman–Crippen MR) is 161 cm³/mol.